The van der Waals surface area contributed by atoms with Crippen LogP contribution in [0.25, 0.3) is 92.1 Å². The van der Waals surface area contributed by atoms with Crippen molar-refractivity contribution < 1.29 is 0 Å². The zero-order chi connectivity index (χ0) is 94.8. The molecule has 0 aromatic heterocycles. The Balaban J connectivity index is 0.000000136. The van der Waals surface area contributed by atoms with Crippen molar-refractivity contribution in [2.75, 3.05) is 0 Å². The van der Waals surface area contributed by atoms with E-state index in [9.17, 15) is 0 Å². The van der Waals surface area contributed by atoms with Crippen LogP contribution >= 0.6 is 0 Å². The fraction of sp³-hybridized carbons (Fsp3) is 0.269. The molecule has 0 unspecified atom stereocenters. The average molecular weight is 1760 g/mol. The maximum atomic E-state index is 2.35. The smallest absolute Gasteiger partial charge is 0.00258 e. The second-order valence-corrected chi connectivity index (χ2v) is 39.5. The Kier molecular flexibility index (Phi) is 38.1. The van der Waals surface area contributed by atoms with E-state index in [1.807, 2.05) is 6.07 Å². The summed E-state index contributed by atoms with van der Waals surface area (Å²) < 4.78 is 0. The molecule has 1 fully saturated rings. The number of hydrogen-bond acceptors (Lipinski definition) is 0. The molecule has 0 radical (unpaired) electrons. The van der Waals surface area contributed by atoms with Crippen molar-refractivity contribution in [3.8, 4) is 11.1 Å². The summed E-state index contributed by atoms with van der Waals surface area (Å²) in [7, 11) is 0. The minimum atomic E-state index is 0.569. The first kappa shape index (κ1) is 100. The van der Waals surface area contributed by atoms with Crippen molar-refractivity contribution in [1.29, 1.82) is 0 Å². The standard InChI is InChI=1S/2C17H16.C16H18.C15H22.C15H16.2C14H16.2C13H14/c1-12(2)16-9-5-8-15-10-13-6-3-4-7-14(13)11-17(15)16;1-12(2)14-9-10-17-15(11-14)8-7-13-5-3-4-6-16(13)17;1-13(2)16-10-8-15(9-11-16)12-14-6-4-3-5-7-14;2*1-12(2)13-8-10-15(11-9-13)14-6-4-3-5-7-14;1-11(2)10-13-8-5-7-12-6-3-4-9-14(12)13;1-11(2)12-7-9-14(10-8-12)13-5-3-4-6-13;1-10(2)12-9-5-7-11-6-3-4-8-13(11)12;1-10(2)12-8-7-11-5-3-4-6-13(11)9-12/h2*3-12H,1-2H3;3-11,13H,12H2,1-2H3;8-12,14H,3-7H2,1-2H3;3-12H,1-2H3;3-9,11H,10H2,1-2H3;3-5,7-11H,6H2,1-2H3;2*3-10H,1-2H3. The van der Waals surface area contributed by atoms with Crippen LogP contribution in [0.15, 0.2) is 413 Å². The molecule has 2 aliphatic carbocycles. The lowest BCUT2D eigenvalue weighted by Gasteiger charge is -2.22. The molecule has 0 N–H and O–H groups in total. The van der Waals surface area contributed by atoms with Crippen LogP contribution in [0.4, 0.5) is 0 Å². The fourth-order valence-electron chi connectivity index (χ4n) is 18.0. The molecule has 0 saturated heterocycles. The molecule has 18 aromatic carbocycles. The monoisotopic (exact) mass is 1760 g/mol. The maximum absolute atomic E-state index is 2.35. The number of benzene rings is 18. The van der Waals surface area contributed by atoms with Gasteiger partial charge in [-0.15, -0.1) is 0 Å². The normalized spacial score (nSPS) is 12.3. The van der Waals surface area contributed by atoms with Gasteiger partial charge in [0.25, 0.3) is 0 Å². The van der Waals surface area contributed by atoms with Crippen molar-refractivity contribution in [3.63, 3.8) is 0 Å². The van der Waals surface area contributed by atoms with E-state index in [0.29, 0.717) is 47.3 Å². The number of allylic oxidation sites excluding steroid dienone is 4. The van der Waals surface area contributed by atoms with Gasteiger partial charge in [0.2, 0.25) is 0 Å². The van der Waals surface area contributed by atoms with Crippen LogP contribution in [0.3, 0.4) is 0 Å². The van der Waals surface area contributed by atoms with Crippen LogP contribution in [0, 0.1) is 5.92 Å². The SMILES string of the molecule is CC(C)Cc1cccc2ccccc12.CC(C)c1ccc(-c2ccccc2)cc1.CC(C)c1ccc(C2=CC=CC2)cc1.CC(C)c1ccc(C2CCCCC2)cc1.CC(C)c1ccc(Cc2ccccc2)cc1.CC(C)c1ccc2c(ccc3ccccc32)c1.CC(C)c1ccc2ccccc2c1.CC(C)c1cccc2cc3ccccc3cc12.CC(C)c1cccc2ccccc12. The molecule has 0 heteroatoms. The molecule has 0 amide bonds. The van der Waals surface area contributed by atoms with Gasteiger partial charge in [-0.3, -0.25) is 0 Å². The predicted molar refractivity (Wildman–Crippen MR) is 594 cm³/mol. The van der Waals surface area contributed by atoms with Crippen molar-refractivity contribution in [1.82, 2.24) is 0 Å². The van der Waals surface area contributed by atoms with Gasteiger partial charge in [0.05, 0.1) is 0 Å². The van der Waals surface area contributed by atoms with Crippen LogP contribution in [-0.2, 0) is 12.8 Å². The number of fused-ring (bicyclic) bond motifs is 8. The molecule has 2 aliphatic rings. The molecule has 0 nitrogen and oxygen atoms in total. The topological polar surface area (TPSA) is 0 Å². The minimum absolute atomic E-state index is 0.569. The number of rotatable bonds is 15. The van der Waals surface area contributed by atoms with Gasteiger partial charge < -0.3 is 0 Å². The lowest BCUT2D eigenvalue weighted by molar-refractivity contribution is 0.443. The Bertz CT molecular complexity index is 6640. The van der Waals surface area contributed by atoms with E-state index in [1.165, 1.54) is 197 Å². The van der Waals surface area contributed by atoms with Gasteiger partial charge in [0.1, 0.15) is 0 Å². The molecule has 684 valence electrons. The Labute approximate surface area is 806 Å². The third-order valence-electron chi connectivity index (χ3n) is 26.2. The highest BCUT2D eigenvalue weighted by Gasteiger charge is 2.17. The second-order valence-electron chi connectivity index (χ2n) is 39.5. The summed E-state index contributed by atoms with van der Waals surface area (Å²) in [6.45, 7) is 40.3. The summed E-state index contributed by atoms with van der Waals surface area (Å²) >= 11 is 0. The molecule has 0 heterocycles. The molecule has 0 atom stereocenters. The summed E-state index contributed by atoms with van der Waals surface area (Å²) in [5.74, 6) is 6.45. The Morgan fingerprint density at radius 3 is 1.11 bits per heavy atom. The molecule has 20 rings (SSSR count). The van der Waals surface area contributed by atoms with Crippen molar-refractivity contribution >= 4 is 81.0 Å². The largest absolute Gasteiger partial charge is 0.0801 e. The first-order valence-corrected chi connectivity index (χ1v) is 50.0. The molecular weight excluding hydrogens is 1610 g/mol. The summed E-state index contributed by atoms with van der Waals surface area (Å²) in [5.41, 5.74) is 22.6. The van der Waals surface area contributed by atoms with Gasteiger partial charge in [0.15, 0.2) is 0 Å². The number of hydrogen-bond donors (Lipinski definition) is 0. The molecular formula is C134H148. The summed E-state index contributed by atoms with van der Waals surface area (Å²) in [4.78, 5) is 0. The molecule has 0 aliphatic heterocycles. The van der Waals surface area contributed by atoms with E-state index in [4.69, 9.17) is 0 Å². The van der Waals surface area contributed by atoms with Gasteiger partial charge in [-0.1, -0.05) is 544 Å². The first-order chi connectivity index (χ1) is 64.9. The van der Waals surface area contributed by atoms with Gasteiger partial charge in [-0.25, -0.2) is 0 Å². The summed E-state index contributed by atoms with van der Waals surface area (Å²) in [6, 6.07) is 142. The van der Waals surface area contributed by atoms with Gasteiger partial charge >= 0.3 is 0 Å². The van der Waals surface area contributed by atoms with Crippen LogP contribution in [0.1, 0.15) is 289 Å². The van der Waals surface area contributed by atoms with E-state index in [0.717, 1.165) is 24.7 Å². The minimum Gasteiger partial charge on any atom is -0.0801 e. The van der Waals surface area contributed by atoms with E-state index >= 15 is 0 Å². The maximum Gasteiger partial charge on any atom is -0.00258 e. The lowest BCUT2D eigenvalue weighted by Crippen LogP contribution is -2.04. The fourth-order valence-corrected chi connectivity index (χ4v) is 18.0. The molecule has 0 spiro atoms. The van der Waals surface area contributed by atoms with Crippen LogP contribution < -0.4 is 0 Å². The first-order valence-electron chi connectivity index (χ1n) is 50.0. The Morgan fingerprint density at radius 1 is 0.231 bits per heavy atom. The predicted octanol–water partition coefficient (Wildman–Crippen LogP) is 40.1. The van der Waals surface area contributed by atoms with Crippen molar-refractivity contribution in [2.45, 2.75) is 229 Å². The van der Waals surface area contributed by atoms with E-state index < -0.39 is 0 Å². The van der Waals surface area contributed by atoms with Crippen molar-refractivity contribution in [3.05, 3.63) is 485 Å². The van der Waals surface area contributed by atoms with Crippen LogP contribution in [-0.4, -0.2) is 0 Å². The highest BCUT2D eigenvalue weighted by Crippen LogP contribution is 2.36. The highest BCUT2D eigenvalue weighted by molar-refractivity contribution is 6.07. The Morgan fingerprint density at radius 2 is 0.590 bits per heavy atom. The third kappa shape index (κ3) is 29.4. The average Bonchev–Trinajstić information content (AvgIpc) is 0.984. The van der Waals surface area contributed by atoms with E-state index in [-0.39, 0.29) is 0 Å². The van der Waals surface area contributed by atoms with E-state index in [1.54, 1.807) is 5.56 Å². The van der Waals surface area contributed by atoms with Gasteiger partial charge in [-0.2, -0.15) is 0 Å². The second kappa shape index (κ2) is 50.9. The van der Waals surface area contributed by atoms with Crippen LogP contribution in [0.2, 0.25) is 0 Å². The zero-order valence-electron chi connectivity index (χ0n) is 83.7. The highest BCUT2D eigenvalue weighted by atomic mass is 14.2. The van der Waals surface area contributed by atoms with E-state index in [2.05, 4.69) is 531 Å². The van der Waals surface area contributed by atoms with Crippen LogP contribution in [0.5, 0.6) is 0 Å². The third-order valence-corrected chi connectivity index (χ3v) is 26.2. The van der Waals surface area contributed by atoms with Gasteiger partial charge in [0, 0.05) is 0 Å². The molecule has 1 saturated carbocycles. The van der Waals surface area contributed by atoms with Crippen molar-refractivity contribution in [2.24, 2.45) is 5.92 Å². The Hall–Kier alpha value is -12.7. The summed E-state index contributed by atoms with van der Waals surface area (Å²) in [6.07, 6.45) is 16.9. The lowest BCUT2D eigenvalue weighted by atomic mass is 9.83. The summed E-state index contributed by atoms with van der Waals surface area (Å²) in [5, 5.41) is 18.9. The van der Waals surface area contributed by atoms with Gasteiger partial charge in [-0.05, 0) is 268 Å². The quantitative estimate of drug-likeness (QED) is 0.0709. The molecule has 0 bridgehead atoms. The molecule has 18 aromatic rings. The zero-order valence-corrected chi connectivity index (χ0v) is 83.7. The molecule has 134 heavy (non-hydrogen) atoms.